The average Bonchev–Trinajstić information content (AvgIpc) is 2.49. The Morgan fingerprint density at radius 2 is 1.86 bits per heavy atom. The van der Waals surface area contributed by atoms with Gasteiger partial charge in [-0.15, -0.1) is 24.0 Å². The van der Waals surface area contributed by atoms with Crippen molar-refractivity contribution in [2.45, 2.75) is 25.7 Å². The van der Waals surface area contributed by atoms with E-state index in [1.807, 2.05) is 35.2 Å². The van der Waals surface area contributed by atoms with E-state index in [0.29, 0.717) is 18.9 Å². The highest BCUT2D eigenvalue weighted by Gasteiger charge is 2.15. The van der Waals surface area contributed by atoms with Crippen LogP contribution in [0.25, 0.3) is 0 Å². The van der Waals surface area contributed by atoms with E-state index in [9.17, 15) is 4.79 Å². The topological polar surface area (TPSA) is 70.7 Å². The monoisotopic (exact) mass is 402 g/mol. The molecule has 0 saturated carbocycles. The quantitative estimate of drug-likeness (QED) is 0.462. The minimum atomic E-state index is 0. The highest BCUT2D eigenvalue weighted by atomic mass is 127. The molecule has 6 heteroatoms. The summed E-state index contributed by atoms with van der Waals surface area (Å²) in [5, 5.41) is 3.00. The lowest BCUT2D eigenvalue weighted by atomic mass is 10.1. The standard InChI is InChI=1S/C15H22N4O.HI/c16-15(18-13-7-3-1-4-8-13)17-10-9-14(20)19-11-5-2-6-12-19;/h1,3-4,7-8H,2,5-6,9-12H2,(H3,16,17,18);1H. The molecule has 1 aliphatic heterocycles. The Kier molecular flexibility index (Phi) is 8.11. The number of anilines is 1. The minimum Gasteiger partial charge on any atom is -0.370 e. The fourth-order valence-corrected chi connectivity index (χ4v) is 2.28. The van der Waals surface area contributed by atoms with Crippen molar-refractivity contribution in [1.29, 1.82) is 0 Å². The molecule has 116 valence electrons. The fraction of sp³-hybridized carbons (Fsp3) is 0.467. The highest BCUT2D eigenvalue weighted by Crippen LogP contribution is 2.09. The van der Waals surface area contributed by atoms with Crippen LogP contribution >= 0.6 is 24.0 Å². The van der Waals surface area contributed by atoms with Crippen LogP contribution in [0, 0.1) is 0 Å². The van der Waals surface area contributed by atoms with Crippen molar-refractivity contribution >= 4 is 41.5 Å². The summed E-state index contributed by atoms with van der Waals surface area (Å²) in [7, 11) is 0. The van der Waals surface area contributed by atoms with Gasteiger partial charge in [-0.1, -0.05) is 18.2 Å². The summed E-state index contributed by atoms with van der Waals surface area (Å²) in [6, 6.07) is 9.63. The molecule has 2 rings (SSSR count). The summed E-state index contributed by atoms with van der Waals surface area (Å²) >= 11 is 0. The molecule has 0 bridgehead atoms. The van der Waals surface area contributed by atoms with Crippen LogP contribution in [0.1, 0.15) is 25.7 Å². The van der Waals surface area contributed by atoms with Crippen molar-refractivity contribution in [3.63, 3.8) is 0 Å². The third kappa shape index (κ3) is 6.33. The summed E-state index contributed by atoms with van der Waals surface area (Å²) in [5.41, 5.74) is 6.68. The van der Waals surface area contributed by atoms with Gasteiger partial charge in [-0.2, -0.15) is 0 Å². The molecule has 1 fully saturated rings. The molecular weight excluding hydrogens is 379 g/mol. The highest BCUT2D eigenvalue weighted by molar-refractivity contribution is 14.0. The zero-order valence-electron chi connectivity index (χ0n) is 12.1. The van der Waals surface area contributed by atoms with E-state index in [1.54, 1.807) is 0 Å². The number of nitrogens with zero attached hydrogens (tertiary/aromatic N) is 2. The predicted molar refractivity (Wildman–Crippen MR) is 97.0 cm³/mol. The van der Waals surface area contributed by atoms with Crippen molar-refractivity contribution in [3.8, 4) is 0 Å². The second-order valence-corrected chi connectivity index (χ2v) is 4.95. The molecule has 0 unspecified atom stereocenters. The Morgan fingerprint density at radius 1 is 1.19 bits per heavy atom. The Morgan fingerprint density at radius 3 is 2.52 bits per heavy atom. The van der Waals surface area contributed by atoms with Gasteiger partial charge < -0.3 is 16.0 Å². The molecule has 1 aromatic carbocycles. The van der Waals surface area contributed by atoms with Gasteiger partial charge in [-0.3, -0.25) is 9.79 Å². The van der Waals surface area contributed by atoms with Crippen LogP contribution in [0.15, 0.2) is 35.3 Å². The maximum absolute atomic E-state index is 11.9. The first-order chi connectivity index (χ1) is 9.75. The van der Waals surface area contributed by atoms with E-state index < -0.39 is 0 Å². The first-order valence-corrected chi connectivity index (χ1v) is 7.15. The van der Waals surface area contributed by atoms with Crippen LogP contribution in [0.3, 0.4) is 0 Å². The number of nitrogens with two attached hydrogens (primary N) is 1. The van der Waals surface area contributed by atoms with Crippen LogP contribution in [0.2, 0.25) is 0 Å². The van der Waals surface area contributed by atoms with Gasteiger partial charge in [0.05, 0.1) is 6.54 Å². The van der Waals surface area contributed by atoms with Gasteiger partial charge >= 0.3 is 0 Å². The van der Waals surface area contributed by atoms with Crippen molar-refractivity contribution in [3.05, 3.63) is 30.3 Å². The second-order valence-electron chi connectivity index (χ2n) is 4.95. The van der Waals surface area contributed by atoms with Gasteiger partial charge in [0.15, 0.2) is 5.96 Å². The lowest BCUT2D eigenvalue weighted by molar-refractivity contribution is -0.131. The van der Waals surface area contributed by atoms with E-state index in [2.05, 4.69) is 10.3 Å². The summed E-state index contributed by atoms with van der Waals surface area (Å²) in [6.45, 7) is 2.21. The van der Waals surface area contributed by atoms with Crippen LogP contribution < -0.4 is 11.1 Å². The van der Waals surface area contributed by atoms with Gasteiger partial charge in [-0.25, -0.2) is 0 Å². The van der Waals surface area contributed by atoms with Crippen molar-refractivity contribution in [2.75, 3.05) is 25.0 Å². The number of rotatable bonds is 4. The number of nitrogens with one attached hydrogen (secondary N) is 1. The molecule has 1 amide bonds. The molecule has 0 atom stereocenters. The minimum absolute atomic E-state index is 0. The van der Waals surface area contributed by atoms with Crippen LogP contribution in [0.4, 0.5) is 5.69 Å². The summed E-state index contributed by atoms with van der Waals surface area (Å²) < 4.78 is 0. The summed E-state index contributed by atoms with van der Waals surface area (Å²) in [5.74, 6) is 0.531. The Bertz CT molecular complexity index is 458. The zero-order valence-corrected chi connectivity index (χ0v) is 14.5. The molecule has 1 heterocycles. The molecule has 1 saturated heterocycles. The number of halogens is 1. The van der Waals surface area contributed by atoms with Crippen LogP contribution in [-0.4, -0.2) is 36.4 Å². The van der Waals surface area contributed by atoms with Gasteiger partial charge in [0, 0.05) is 25.2 Å². The largest absolute Gasteiger partial charge is 0.370 e. The SMILES string of the molecule is I.NC(=NCCC(=O)N1CCCCC1)Nc1ccccc1. The lowest BCUT2D eigenvalue weighted by Gasteiger charge is -2.26. The molecule has 0 spiro atoms. The number of likely N-dealkylation sites (tertiary alicyclic amines) is 1. The number of benzene rings is 1. The average molecular weight is 402 g/mol. The number of aliphatic imine (C=N–C) groups is 1. The molecular formula is C15H23IN4O. The number of carbonyl (C=O) groups is 1. The van der Waals surface area contributed by atoms with Crippen molar-refractivity contribution < 1.29 is 4.79 Å². The van der Waals surface area contributed by atoms with Gasteiger partial charge in [-0.05, 0) is 31.4 Å². The smallest absolute Gasteiger partial charge is 0.224 e. The van der Waals surface area contributed by atoms with E-state index in [0.717, 1.165) is 31.6 Å². The normalized spacial score (nSPS) is 15.2. The third-order valence-electron chi connectivity index (χ3n) is 3.36. The maximum Gasteiger partial charge on any atom is 0.224 e. The third-order valence-corrected chi connectivity index (χ3v) is 3.36. The number of hydrogen-bond acceptors (Lipinski definition) is 2. The van der Waals surface area contributed by atoms with E-state index >= 15 is 0 Å². The van der Waals surface area contributed by atoms with Crippen LogP contribution in [0.5, 0.6) is 0 Å². The molecule has 0 aliphatic carbocycles. The number of para-hydroxylation sites is 1. The summed E-state index contributed by atoms with van der Waals surface area (Å²) in [6.07, 6.45) is 3.90. The molecule has 21 heavy (non-hydrogen) atoms. The molecule has 1 aliphatic rings. The molecule has 0 radical (unpaired) electrons. The molecule has 1 aromatic rings. The number of hydrogen-bond donors (Lipinski definition) is 2. The van der Waals surface area contributed by atoms with Gasteiger partial charge in [0.2, 0.25) is 5.91 Å². The molecule has 5 nitrogen and oxygen atoms in total. The predicted octanol–water partition coefficient (Wildman–Crippen LogP) is 2.43. The van der Waals surface area contributed by atoms with E-state index in [4.69, 9.17) is 5.73 Å². The number of piperidine rings is 1. The lowest BCUT2D eigenvalue weighted by Crippen LogP contribution is -2.36. The van der Waals surface area contributed by atoms with Crippen molar-refractivity contribution in [2.24, 2.45) is 10.7 Å². The Labute approximate surface area is 143 Å². The second kappa shape index (κ2) is 9.59. The molecule has 3 N–H and O–H groups in total. The Balaban J connectivity index is 0.00000220. The van der Waals surface area contributed by atoms with Gasteiger partial charge in [0.25, 0.3) is 0 Å². The fourth-order valence-electron chi connectivity index (χ4n) is 2.28. The Hall–Kier alpha value is -1.31. The first kappa shape index (κ1) is 17.7. The number of carbonyl (C=O) groups excluding carboxylic acids is 1. The van der Waals surface area contributed by atoms with Crippen LogP contribution in [-0.2, 0) is 4.79 Å². The first-order valence-electron chi connectivity index (χ1n) is 7.15. The maximum atomic E-state index is 11.9. The number of amides is 1. The van der Waals surface area contributed by atoms with Crippen molar-refractivity contribution in [1.82, 2.24) is 4.90 Å². The summed E-state index contributed by atoms with van der Waals surface area (Å²) in [4.78, 5) is 18.1. The zero-order chi connectivity index (χ0) is 14.2. The molecule has 0 aromatic heterocycles. The van der Waals surface area contributed by atoms with Gasteiger partial charge in [0.1, 0.15) is 0 Å². The van der Waals surface area contributed by atoms with E-state index in [1.165, 1.54) is 6.42 Å². The van der Waals surface area contributed by atoms with E-state index in [-0.39, 0.29) is 29.9 Å². The number of guanidine groups is 1.